The van der Waals surface area contributed by atoms with Crippen molar-refractivity contribution in [1.29, 1.82) is 0 Å². The van der Waals surface area contributed by atoms with Crippen LogP contribution in [0.4, 0.5) is 0 Å². The van der Waals surface area contributed by atoms with Crippen LogP contribution in [0.1, 0.15) is 193 Å². The molecule has 8 fully saturated rings. The Balaban J connectivity index is 0.890. The van der Waals surface area contributed by atoms with Gasteiger partial charge in [-0.2, -0.15) is 0 Å². The van der Waals surface area contributed by atoms with Crippen LogP contribution in [0.3, 0.4) is 0 Å². The molecular weight excluding hydrogens is 623 g/mol. The second kappa shape index (κ2) is 17.1. The van der Waals surface area contributed by atoms with Crippen molar-refractivity contribution in [2.45, 2.75) is 235 Å². The van der Waals surface area contributed by atoms with Crippen LogP contribution in [-0.2, 0) is 0 Å². The molecule has 7 aliphatic carbocycles. The summed E-state index contributed by atoms with van der Waals surface area (Å²) in [6.45, 7) is 0. The molecule has 6 unspecified atom stereocenters. The summed E-state index contributed by atoms with van der Waals surface area (Å²) in [5, 5.41) is 17.3. The van der Waals surface area contributed by atoms with Crippen molar-refractivity contribution in [1.82, 2.24) is 26.2 Å². The van der Waals surface area contributed by atoms with Gasteiger partial charge >= 0.3 is 0 Å². The van der Waals surface area contributed by atoms with E-state index in [1.807, 2.05) is 0 Å². The lowest BCUT2D eigenvalue weighted by molar-refractivity contribution is 0.0476. The van der Waals surface area contributed by atoms with Gasteiger partial charge in [-0.3, -0.25) is 26.2 Å². The fraction of sp³-hybridized carbons (Fsp3) is 0.957. The first-order valence-corrected chi connectivity index (χ1v) is 23.8. The monoisotopic (exact) mass is 702 g/mol. The first-order chi connectivity index (χ1) is 25.3. The smallest absolute Gasteiger partial charge is 0.0818 e. The van der Waals surface area contributed by atoms with E-state index in [1.54, 1.807) is 5.57 Å². The topological polar surface area (TPSA) is 51.4 Å². The second-order valence-corrected chi connectivity index (χ2v) is 20.2. The van der Waals surface area contributed by atoms with Crippen LogP contribution in [0.2, 0.25) is 0 Å². The second-order valence-electron chi connectivity index (χ2n) is 20.2. The average Bonchev–Trinajstić information content (AvgIpc) is 3.62. The predicted molar refractivity (Wildman–Crippen MR) is 212 cm³/mol. The summed E-state index contributed by atoms with van der Waals surface area (Å²) in [5.74, 6) is 6.44. The number of rotatable bonds is 7. The van der Waals surface area contributed by atoms with Crippen molar-refractivity contribution in [3.05, 3.63) is 11.6 Å². The Hall–Kier alpha value is -0.460. The summed E-state index contributed by atoms with van der Waals surface area (Å²) in [7, 11) is 0. The summed E-state index contributed by atoms with van der Waals surface area (Å²) in [6.07, 6.45) is 48.3. The summed E-state index contributed by atoms with van der Waals surface area (Å²) < 4.78 is 0. The number of hydrogen-bond donors (Lipinski definition) is 4. The number of hydrogen-bond acceptors (Lipinski definition) is 5. The minimum atomic E-state index is 0.350. The highest BCUT2D eigenvalue weighted by molar-refractivity contribution is 5.18. The van der Waals surface area contributed by atoms with Crippen LogP contribution < -0.4 is 21.3 Å². The van der Waals surface area contributed by atoms with Crippen LogP contribution in [0.5, 0.6) is 0 Å². The van der Waals surface area contributed by atoms with E-state index in [0.29, 0.717) is 24.7 Å². The molecule has 0 bridgehead atoms. The summed E-state index contributed by atoms with van der Waals surface area (Å²) >= 11 is 0. The molecule has 6 atom stereocenters. The number of nitrogens with zero attached hydrogens (tertiary/aromatic N) is 1. The van der Waals surface area contributed by atoms with Gasteiger partial charge in [0.15, 0.2) is 0 Å². The largest absolute Gasteiger partial charge is 0.297 e. The molecule has 9 aliphatic rings. The molecule has 2 saturated heterocycles. The number of allylic oxidation sites excluding steroid dienone is 1. The van der Waals surface area contributed by atoms with E-state index in [1.165, 1.54) is 193 Å². The van der Waals surface area contributed by atoms with Crippen molar-refractivity contribution < 1.29 is 0 Å². The van der Waals surface area contributed by atoms with Crippen molar-refractivity contribution in [2.75, 3.05) is 0 Å². The summed E-state index contributed by atoms with van der Waals surface area (Å²) in [5.41, 5.74) is 1.72. The highest BCUT2D eigenvalue weighted by Crippen LogP contribution is 2.45. The SMILES string of the molecule is C1=C(C2NC(C3CCC(C4CCCCC4)CC3)NC(C3CCC(C4CCCCC4)CC3)N2)CC(C2NC3CCCCC3N2C2CCCCC2)CC1. The highest BCUT2D eigenvalue weighted by Gasteiger charge is 2.48. The van der Waals surface area contributed by atoms with E-state index in [0.717, 1.165) is 59.6 Å². The maximum absolute atomic E-state index is 4.36. The Morgan fingerprint density at radius 3 is 1.49 bits per heavy atom. The molecule has 0 aromatic carbocycles. The van der Waals surface area contributed by atoms with Crippen molar-refractivity contribution in [2.24, 2.45) is 41.4 Å². The van der Waals surface area contributed by atoms with E-state index >= 15 is 0 Å². The fourth-order valence-corrected chi connectivity index (χ4v) is 14.5. The minimum absolute atomic E-state index is 0.350. The van der Waals surface area contributed by atoms with E-state index in [2.05, 4.69) is 32.2 Å². The lowest BCUT2D eigenvalue weighted by Gasteiger charge is -2.49. The van der Waals surface area contributed by atoms with E-state index < -0.39 is 0 Å². The van der Waals surface area contributed by atoms with Crippen molar-refractivity contribution in [3.8, 4) is 0 Å². The van der Waals surface area contributed by atoms with E-state index in [9.17, 15) is 0 Å². The molecule has 0 aromatic rings. The zero-order chi connectivity index (χ0) is 34.0. The number of nitrogens with one attached hydrogen (secondary N) is 4. The predicted octanol–water partition coefficient (Wildman–Crippen LogP) is 10.1. The summed E-state index contributed by atoms with van der Waals surface area (Å²) in [6, 6.07) is 2.38. The van der Waals surface area contributed by atoms with Gasteiger partial charge in [0.2, 0.25) is 0 Å². The normalized spacial score (nSPS) is 44.5. The molecule has 0 radical (unpaired) electrons. The molecular formula is C46H79N5. The fourth-order valence-electron chi connectivity index (χ4n) is 14.5. The zero-order valence-electron chi connectivity index (χ0n) is 32.8. The van der Waals surface area contributed by atoms with Crippen LogP contribution >= 0.6 is 0 Å². The number of fused-ring (bicyclic) bond motifs is 1. The molecule has 0 spiro atoms. The lowest BCUT2D eigenvalue weighted by atomic mass is 9.69. The van der Waals surface area contributed by atoms with Gasteiger partial charge in [-0.15, -0.1) is 0 Å². The maximum Gasteiger partial charge on any atom is 0.0818 e. The first kappa shape index (κ1) is 36.2. The van der Waals surface area contributed by atoms with E-state index in [4.69, 9.17) is 0 Å². The van der Waals surface area contributed by atoms with Gasteiger partial charge < -0.3 is 0 Å². The Labute approximate surface area is 313 Å². The van der Waals surface area contributed by atoms with Crippen LogP contribution in [0.25, 0.3) is 0 Å². The van der Waals surface area contributed by atoms with Gasteiger partial charge in [0.25, 0.3) is 0 Å². The molecule has 9 rings (SSSR count). The maximum atomic E-state index is 4.36. The Morgan fingerprint density at radius 2 is 0.902 bits per heavy atom. The standard InChI is InChI=1S/C46H79N5/c1-4-13-32(14-5-1)34-23-27-36(28-24-34)43-48-44(37-29-25-35(26-30-37)33-15-6-2-7-16-33)50-45(49-43)38-17-12-18-39(31-38)46-47-41-21-10-11-22-42(41)51(46)40-19-8-3-9-20-40/h17,32-37,39-50H,1-16,18-31H2. The van der Waals surface area contributed by atoms with Gasteiger partial charge in [-0.25, -0.2) is 0 Å². The third-order valence-corrected chi connectivity index (χ3v) is 17.3. The molecule has 0 amide bonds. The van der Waals surface area contributed by atoms with Gasteiger partial charge in [0.1, 0.15) is 0 Å². The minimum Gasteiger partial charge on any atom is -0.297 e. The molecule has 5 nitrogen and oxygen atoms in total. The van der Waals surface area contributed by atoms with Gasteiger partial charge in [-0.1, -0.05) is 102 Å². The van der Waals surface area contributed by atoms with Crippen LogP contribution in [0, 0.1) is 41.4 Å². The zero-order valence-corrected chi connectivity index (χ0v) is 32.8. The van der Waals surface area contributed by atoms with Gasteiger partial charge in [0, 0.05) is 18.1 Å². The van der Waals surface area contributed by atoms with Crippen molar-refractivity contribution in [3.63, 3.8) is 0 Å². The third-order valence-electron chi connectivity index (χ3n) is 17.3. The van der Waals surface area contributed by atoms with Crippen LogP contribution in [-0.4, -0.2) is 47.7 Å². The quantitative estimate of drug-likeness (QED) is 0.199. The molecule has 5 heteroatoms. The van der Waals surface area contributed by atoms with Crippen LogP contribution in [0.15, 0.2) is 11.6 Å². The lowest BCUT2D eigenvalue weighted by Crippen LogP contribution is -2.71. The Morgan fingerprint density at radius 1 is 0.412 bits per heavy atom. The molecule has 0 aromatic heterocycles. The van der Waals surface area contributed by atoms with Gasteiger partial charge in [-0.05, 0) is 143 Å². The molecule has 51 heavy (non-hydrogen) atoms. The van der Waals surface area contributed by atoms with Crippen molar-refractivity contribution >= 4 is 0 Å². The molecule has 4 N–H and O–H groups in total. The Bertz CT molecular complexity index is 1060. The third kappa shape index (κ3) is 8.24. The molecule has 2 aliphatic heterocycles. The molecule has 6 saturated carbocycles. The first-order valence-electron chi connectivity index (χ1n) is 23.8. The molecule has 288 valence electrons. The van der Waals surface area contributed by atoms with Gasteiger partial charge in [0.05, 0.1) is 24.7 Å². The Kier molecular flexibility index (Phi) is 12.2. The summed E-state index contributed by atoms with van der Waals surface area (Å²) in [4.78, 5) is 3.13. The van der Waals surface area contributed by atoms with E-state index in [-0.39, 0.29) is 0 Å². The molecule has 2 heterocycles. The average molecular weight is 702 g/mol. The highest BCUT2D eigenvalue weighted by atomic mass is 15.4.